The first-order chi connectivity index (χ1) is 14.7. The number of fused-ring (bicyclic) bond motifs is 1. The molecular formula is C21H22ClN3O4S2. The van der Waals surface area contributed by atoms with Gasteiger partial charge in [-0.05, 0) is 31.5 Å². The molecule has 1 spiro atoms. The Bertz CT molecular complexity index is 1310. The van der Waals surface area contributed by atoms with E-state index in [1.54, 1.807) is 14.0 Å². The number of hydrogen-bond acceptors (Lipinski definition) is 6. The van der Waals surface area contributed by atoms with Crippen LogP contribution in [0.4, 0.5) is 0 Å². The van der Waals surface area contributed by atoms with Crippen LogP contribution in [0.5, 0.6) is 5.75 Å². The largest absolute Gasteiger partial charge is 0.495 e. The summed E-state index contributed by atoms with van der Waals surface area (Å²) in [6.45, 7) is 2.16. The molecule has 3 N–H and O–H groups in total. The number of para-hydroxylation sites is 1. The topological polar surface area (TPSA) is 104 Å². The van der Waals surface area contributed by atoms with Crippen molar-refractivity contribution in [2.75, 3.05) is 26.1 Å². The zero-order valence-electron chi connectivity index (χ0n) is 17.0. The summed E-state index contributed by atoms with van der Waals surface area (Å²) in [5.74, 6) is 0.586. The van der Waals surface area contributed by atoms with Crippen molar-refractivity contribution in [2.45, 2.75) is 23.6 Å². The predicted molar refractivity (Wildman–Crippen MR) is 123 cm³/mol. The van der Waals surface area contributed by atoms with E-state index in [4.69, 9.17) is 26.5 Å². The molecule has 0 amide bonds. The zero-order chi connectivity index (χ0) is 22.0. The predicted octanol–water partition coefficient (Wildman–Crippen LogP) is 3.93. The van der Waals surface area contributed by atoms with Crippen LogP contribution in [0.2, 0.25) is 5.02 Å². The van der Waals surface area contributed by atoms with Gasteiger partial charge >= 0.3 is 0 Å². The molecule has 5 rings (SSSR count). The van der Waals surface area contributed by atoms with Crippen molar-refractivity contribution in [3.63, 3.8) is 0 Å². The highest BCUT2D eigenvalue weighted by Crippen LogP contribution is 2.45. The molecule has 0 saturated carbocycles. The Balaban J connectivity index is 1.55. The molecule has 2 atom stereocenters. The van der Waals surface area contributed by atoms with Gasteiger partial charge in [-0.2, -0.15) is 0 Å². The van der Waals surface area contributed by atoms with Crippen LogP contribution in [0.3, 0.4) is 0 Å². The van der Waals surface area contributed by atoms with Crippen molar-refractivity contribution in [1.29, 1.82) is 5.41 Å². The smallest absolute Gasteiger partial charge is 0.168 e. The SMILES string of the molecule is COc1cccc2cc(-c3cc(Cl)c([C@]4(C)CS(=O)(=O)[C@@]5(CCOC5)C(=N)N4)s3)[nH]c12. The van der Waals surface area contributed by atoms with Gasteiger partial charge < -0.3 is 19.8 Å². The van der Waals surface area contributed by atoms with Crippen LogP contribution in [0.25, 0.3) is 21.5 Å². The fourth-order valence-electron chi connectivity index (χ4n) is 4.52. The third kappa shape index (κ3) is 3.01. The van der Waals surface area contributed by atoms with E-state index < -0.39 is 20.1 Å². The molecule has 0 bridgehead atoms. The highest BCUT2D eigenvalue weighted by molar-refractivity contribution is 7.93. The van der Waals surface area contributed by atoms with Gasteiger partial charge in [-0.1, -0.05) is 23.7 Å². The van der Waals surface area contributed by atoms with Crippen LogP contribution in [0.15, 0.2) is 30.3 Å². The molecule has 2 aromatic heterocycles. The number of thiophene rings is 1. The minimum Gasteiger partial charge on any atom is -0.495 e. The van der Waals surface area contributed by atoms with E-state index in [0.29, 0.717) is 22.9 Å². The fourth-order valence-corrected chi connectivity index (χ4v) is 8.50. The van der Waals surface area contributed by atoms with Gasteiger partial charge in [0.05, 0.1) is 51.0 Å². The quantitative estimate of drug-likeness (QED) is 0.528. The third-order valence-electron chi connectivity index (χ3n) is 6.21. The van der Waals surface area contributed by atoms with E-state index in [2.05, 4.69) is 10.3 Å². The number of sulfone groups is 1. The van der Waals surface area contributed by atoms with Gasteiger partial charge in [0, 0.05) is 12.0 Å². The Hall–Kier alpha value is -2.07. The molecule has 0 aliphatic carbocycles. The van der Waals surface area contributed by atoms with E-state index in [-0.39, 0.29) is 18.2 Å². The molecule has 3 aromatic rings. The number of hydrogen-bond donors (Lipinski definition) is 3. The Labute approximate surface area is 189 Å². The number of ether oxygens (including phenoxy) is 2. The van der Waals surface area contributed by atoms with Crippen molar-refractivity contribution in [3.05, 3.63) is 40.2 Å². The summed E-state index contributed by atoms with van der Waals surface area (Å²) in [6.07, 6.45) is 0.303. The lowest BCUT2D eigenvalue weighted by Gasteiger charge is -2.43. The number of rotatable bonds is 3. The lowest BCUT2D eigenvalue weighted by Crippen LogP contribution is -2.66. The molecule has 2 aliphatic rings. The second-order valence-corrected chi connectivity index (χ2v) is 12.0. The van der Waals surface area contributed by atoms with Gasteiger partial charge in [0.2, 0.25) is 0 Å². The van der Waals surface area contributed by atoms with E-state index in [1.807, 2.05) is 30.3 Å². The van der Waals surface area contributed by atoms with Gasteiger partial charge in [-0.25, -0.2) is 8.42 Å². The van der Waals surface area contributed by atoms with E-state index in [0.717, 1.165) is 27.2 Å². The summed E-state index contributed by atoms with van der Waals surface area (Å²) in [4.78, 5) is 4.96. The summed E-state index contributed by atoms with van der Waals surface area (Å²) in [7, 11) is -1.99. The van der Waals surface area contributed by atoms with Crippen LogP contribution >= 0.6 is 22.9 Å². The zero-order valence-corrected chi connectivity index (χ0v) is 19.4. The van der Waals surface area contributed by atoms with Gasteiger partial charge in [0.15, 0.2) is 14.6 Å². The fraction of sp³-hybridized carbons (Fsp3) is 0.381. The molecule has 2 aliphatic heterocycles. The highest BCUT2D eigenvalue weighted by Gasteiger charge is 2.58. The van der Waals surface area contributed by atoms with Gasteiger partial charge in [-0.3, -0.25) is 5.41 Å². The number of H-pyrrole nitrogens is 1. The first-order valence-electron chi connectivity index (χ1n) is 9.82. The van der Waals surface area contributed by atoms with Crippen LogP contribution in [0.1, 0.15) is 18.2 Å². The molecule has 1 aromatic carbocycles. The number of nitrogens with one attached hydrogen (secondary N) is 3. The van der Waals surface area contributed by atoms with Crippen LogP contribution in [-0.4, -0.2) is 50.1 Å². The third-order valence-corrected chi connectivity index (χ3v) is 10.7. The Morgan fingerprint density at radius 3 is 2.81 bits per heavy atom. The number of aromatic amines is 1. The van der Waals surface area contributed by atoms with Crippen LogP contribution in [0, 0.1) is 5.41 Å². The van der Waals surface area contributed by atoms with Crippen molar-refractivity contribution in [3.8, 4) is 16.3 Å². The standard InChI is InChI=1S/C21H22ClN3O4S2/c1-20(11-31(26,27)21(19(23)25-20)6-7-29-10-21)18-13(22)9-16(30-18)14-8-12-4-3-5-15(28-2)17(12)24-14/h3-5,8-9,24H,6-7,10-11H2,1-2H3,(H2,23,25)/t20-,21+/m0/s1. The number of amidine groups is 1. The van der Waals surface area contributed by atoms with Gasteiger partial charge in [0.25, 0.3) is 0 Å². The summed E-state index contributed by atoms with van der Waals surface area (Å²) in [5, 5.41) is 13.2. The van der Waals surface area contributed by atoms with E-state index in [1.165, 1.54) is 11.3 Å². The maximum Gasteiger partial charge on any atom is 0.168 e. The van der Waals surface area contributed by atoms with Crippen molar-refractivity contribution >= 4 is 49.5 Å². The summed E-state index contributed by atoms with van der Waals surface area (Å²) < 4.78 is 36.0. The lowest BCUT2D eigenvalue weighted by molar-refractivity contribution is 0.193. The number of benzene rings is 1. The van der Waals surface area contributed by atoms with Crippen LogP contribution < -0.4 is 10.1 Å². The minimum atomic E-state index is -3.62. The van der Waals surface area contributed by atoms with Gasteiger partial charge in [-0.15, -0.1) is 11.3 Å². The van der Waals surface area contributed by atoms with Gasteiger partial charge in [0.1, 0.15) is 11.6 Å². The van der Waals surface area contributed by atoms with E-state index >= 15 is 0 Å². The highest BCUT2D eigenvalue weighted by atomic mass is 35.5. The Kier molecular flexibility index (Phi) is 4.68. The molecule has 4 heterocycles. The molecule has 2 saturated heterocycles. The van der Waals surface area contributed by atoms with Crippen molar-refractivity contribution < 1.29 is 17.9 Å². The Morgan fingerprint density at radius 1 is 1.32 bits per heavy atom. The molecule has 7 nitrogen and oxygen atoms in total. The molecule has 164 valence electrons. The normalized spacial score (nSPS) is 27.6. The van der Waals surface area contributed by atoms with Crippen molar-refractivity contribution in [1.82, 2.24) is 10.3 Å². The molecule has 0 radical (unpaired) electrons. The second-order valence-electron chi connectivity index (χ2n) is 8.28. The summed E-state index contributed by atoms with van der Waals surface area (Å²) in [5.41, 5.74) is 0.768. The van der Waals surface area contributed by atoms with Crippen LogP contribution in [-0.2, 0) is 20.1 Å². The minimum absolute atomic E-state index is 0.0138. The molecule has 10 heteroatoms. The maximum atomic E-state index is 13.3. The first-order valence-corrected chi connectivity index (χ1v) is 12.7. The number of methoxy groups -OCH3 is 1. The first kappa shape index (κ1) is 20.8. The average molecular weight is 480 g/mol. The molecule has 0 unspecified atom stereocenters. The molecular weight excluding hydrogens is 458 g/mol. The van der Waals surface area contributed by atoms with E-state index in [9.17, 15) is 8.42 Å². The Morgan fingerprint density at radius 2 is 2.13 bits per heavy atom. The monoisotopic (exact) mass is 479 g/mol. The second kappa shape index (κ2) is 6.96. The molecule has 31 heavy (non-hydrogen) atoms. The number of halogens is 1. The lowest BCUT2D eigenvalue weighted by atomic mass is 9.98. The summed E-state index contributed by atoms with van der Waals surface area (Å²) in [6, 6.07) is 9.67. The number of aromatic nitrogens is 1. The maximum absolute atomic E-state index is 13.3. The average Bonchev–Trinajstić information content (AvgIpc) is 3.44. The summed E-state index contributed by atoms with van der Waals surface area (Å²) >= 11 is 8.03. The molecule has 2 fully saturated rings. The van der Waals surface area contributed by atoms with Crippen molar-refractivity contribution in [2.24, 2.45) is 0 Å².